The van der Waals surface area contributed by atoms with E-state index in [2.05, 4.69) is 23.6 Å². The number of benzene rings is 2. The molecule has 0 saturated carbocycles. The fourth-order valence-electron chi connectivity index (χ4n) is 2.40. The second kappa shape index (κ2) is 8.39. The van der Waals surface area contributed by atoms with Crippen molar-refractivity contribution in [1.29, 1.82) is 0 Å². The average molecular weight is 326 g/mol. The molecule has 0 spiro atoms. The molecule has 0 aliphatic carbocycles. The molecule has 0 saturated heterocycles. The molecule has 128 valence electrons. The fraction of sp³-hybridized carbons (Fsp3) is 0.350. The summed E-state index contributed by atoms with van der Waals surface area (Å²) in [6, 6.07) is 13.7. The van der Waals surface area contributed by atoms with Gasteiger partial charge in [-0.05, 0) is 74.7 Å². The zero-order valence-electron chi connectivity index (χ0n) is 14.8. The Morgan fingerprint density at radius 2 is 1.67 bits per heavy atom. The van der Waals surface area contributed by atoms with E-state index in [9.17, 15) is 4.79 Å². The second-order valence-corrected chi connectivity index (χ2v) is 6.14. The van der Waals surface area contributed by atoms with Crippen LogP contribution in [-0.2, 0) is 4.79 Å². The number of anilines is 2. The van der Waals surface area contributed by atoms with E-state index in [0.717, 1.165) is 34.7 Å². The lowest BCUT2D eigenvalue weighted by atomic mass is 10.1. The van der Waals surface area contributed by atoms with E-state index in [-0.39, 0.29) is 18.6 Å². The molecule has 4 nitrogen and oxygen atoms in total. The van der Waals surface area contributed by atoms with Crippen molar-refractivity contribution >= 4 is 17.3 Å². The molecule has 0 bridgehead atoms. The Bertz CT molecular complexity index is 660. The lowest BCUT2D eigenvalue weighted by Crippen LogP contribution is -2.21. The number of hydrogen-bond donors (Lipinski definition) is 2. The minimum absolute atomic E-state index is 0.0695. The summed E-state index contributed by atoms with van der Waals surface area (Å²) in [5.74, 6) is 0.773. The number of hydrogen-bond acceptors (Lipinski definition) is 3. The summed E-state index contributed by atoms with van der Waals surface area (Å²) in [5, 5.41) is 6.03. The molecular weight excluding hydrogens is 300 g/mol. The van der Waals surface area contributed by atoms with E-state index in [4.69, 9.17) is 4.74 Å². The first-order valence-electron chi connectivity index (χ1n) is 8.35. The van der Waals surface area contributed by atoms with Crippen LogP contribution in [0.1, 0.15) is 31.4 Å². The van der Waals surface area contributed by atoms with Gasteiger partial charge in [-0.25, -0.2) is 0 Å². The van der Waals surface area contributed by atoms with Crippen molar-refractivity contribution in [2.24, 2.45) is 0 Å². The smallest absolute Gasteiger partial charge is 0.243 e. The van der Waals surface area contributed by atoms with Gasteiger partial charge < -0.3 is 15.4 Å². The van der Waals surface area contributed by atoms with Gasteiger partial charge in [0.1, 0.15) is 5.75 Å². The van der Waals surface area contributed by atoms with Crippen LogP contribution in [0.15, 0.2) is 42.5 Å². The molecule has 4 heteroatoms. The number of rotatable bonds is 7. The van der Waals surface area contributed by atoms with Crippen molar-refractivity contribution < 1.29 is 9.53 Å². The first kappa shape index (κ1) is 17.9. The quantitative estimate of drug-likeness (QED) is 0.786. The molecule has 1 unspecified atom stereocenters. The summed E-state index contributed by atoms with van der Waals surface area (Å²) in [7, 11) is 0. The molecule has 2 N–H and O–H groups in total. The molecule has 0 aromatic heterocycles. The molecule has 0 aliphatic heterocycles. The molecular formula is C20H26N2O2. The van der Waals surface area contributed by atoms with Crippen molar-refractivity contribution in [3.05, 3.63) is 53.6 Å². The first-order valence-corrected chi connectivity index (χ1v) is 8.35. The molecule has 1 atom stereocenters. The van der Waals surface area contributed by atoms with Gasteiger partial charge in [-0.15, -0.1) is 0 Å². The highest BCUT2D eigenvalue weighted by molar-refractivity contribution is 5.93. The normalized spacial score (nSPS) is 11.7. The predicted octanol–water partition coefficient (Wildman–Crippen LogP) is 4.53. The van der Waals surface area contributed by atoms with Crippen molar-refractivity contribution in [1.82, 2.24) is 0 Å². The summed E-state index contributed by atoms with van der Waals surface area (Å²) < 4.78 is 5.74. The summed E-state index contributed by atoms with van der Waals surface area (Å²) in [6.07, 6.45) is 1.17. The zero-order chi connectivity index (χ0) is 17.5. The third kappa shape index (κ3) is 5.61. The van der Waals surface area contributed by atoms with Crippen LogP contribution in [0, 0.1) is 13.8 Å². The highest BCUT2D eigenvalue weighted by Gasteiger charge is 2.04. The van der Waals surface area contributed by atoms with Crippen molar-refractivity contribution in [2.45, 2.75) is 40.2 Å². The molecule has 1 amide bonds. The third-order valence-electron chi connectivity index (χ3n) is 3.73. The van der Waals surface area contributed by atoms with Crippen LogP contribution in [0.25, 0.3) is 0 Å². The Hall–Kier alpha value is -2.49. The maximum atomic E-state index is 12.1. The topological polar surface area (TPSA) is 50.4 Å². The summed E-state index contributed by atoms with van der Waals surface area (Å²) in [6.45, 7) is 8.39. The predicted molar refractivity (Wildman–Crippen MR) is 99.9 cm³/mol. The maximum Gasteiger partial charge on any atom is 0.243 e. The zero-order valence-corrected chi connectivity index (χ0v) is 14.8. The van der Waals surface area contributed by atoms with Gasteiger partial charge in [-0.2, -0.15) is 0 Å². The Morgan fingerprint density at radius 1 is 1.04 bits per heavy atom. The van der Waals surface area contributed by atoms with Gasteiger partial charge in [0.25, 0.3) is 0 Å². The lowest BCUT2D eigenvalue weighted by molar-refractivity contribution is -0.114. The largest absolute Gasteiger partial charge is 0.491 e. The monoisotopic (exact) mass is 326 g/mol. The van der Waals surface area contributed by atoms with E-state index >= 15 is 0 Å². The maximum absolute atomic E-state index is 12.1. The molecule has 0 fully saturated rings. The molecule has 2 aromatic rings. The van der Waals surface area contributed by atoms with Gasteiger partial charge in [0.05, 0.1) is 12.6 Å². The highest BCUT2D eigenvalue weighted by atomic mass is 16.5. The van der Waals surface area contributed by atoms with Crippen LogP contribution < -0.4 is 15.4 Å². The van der Waals surface area contributed by atoms with Crippen LogP contribution in [0.3, 0.4) is 0 Å². The number of carbonyl (C=O) groups excluding carboxylic acids is 1. The molecule has 0 radical (unpaired) electrons. The Labute approximate surface area is 144 Å². The lowest BCUT2D eigenvalue weighted by Gasteiger charge is -2.13. The minimum Gasteiger partial charge on any atom is -0.491 e. The van der Waals surface area contributed by atoms with Gasteiger partial charge in [0.2, 0.25) is 5.91 Å². The molecule has 2 rings (SSSR count). The van der Waals surface area contributed by atoms with Crippen LogP contribution in [0.5, 0.6) is 5.75 Å². The van der Waals surface area contributed by atoms with E-state index in [0.29, 0.717) is 0 Å². The molecule has 24 heavy (non-hydrogen) atoms. The number of carbonyl (C=O) groups is 1. The molecule has 2 aromatic carbocycles. The van der Waals surface area contributed by atoms with Gasteiger partial charge in [0, 0.05) is 11.4 Å². The Morgan fingerprint density at radius 3 is 2.25 bits per heavy atom. The highest BCUT2D eigenvalue weighted by Crippen LogP contribution is 2.18. The van der Waals surface area contributed by atoms with Crippen molar-refractivity contribution in [3.8, 4) is 5.75 Å². The summed E-state index contributed by atoms with van der Waals surface area (Å²) in [4.78, 5) is 12.1. The van der Waals surface area contributed by atoms with Crippen LogP contribution >= 0.6 is 0 Å². The summed E-state index contributed by atoms with van der Waals surface area (Å²) in [5.41, 5.74) is 3.99. The average Bonchev–Trinajstić information content (AvgIpc) is 2.53. The van der Waals surface area contributed by atoms with E-state index in [1.54, 1.807) is 0 Å². The van der Waals surface area contributed by atoms with Gasteiger partial charge in [0.15, 0.2) is 0 Å². The SMILES string of the molecule is CCC(C)Oc1ccc(NCC(=O)Nc2cc(C)cc(C)c2)cc1. The van der Waals surface area contributed by atoms with E-state index in [1.165, 1.54) is 0 Å². The van der Waals surface area contributed by atoms with Gasteiger partial charge in [-0.3, -0.25) is 4.79 Å². The summed E-state index contributed by atoms with van der Waals surface area (Å²) >= 11 is 0. The van der Waals surface area contributed by atoms with Crippen LogP contribution in [0.4, 0.5) is 11.4 Å². The van der Waals surface area contributed by atoms with Gasteiger partial charge >= 0.3 is 0 Å². The number of ether oxygens (including phenoxy) is 1. The standard InChI is InChI=1S/C20H26N2O2/c1-5-16(4)24-19-8-6-17(7-9-19)21-13-20(23)22-18-11-14(2)10-15(3)12-18/h6-12,16,21H,5,13H2,1-4H3,(H,22,23). The number of aryl methyl sites for hydroxylation is 2. The fourth-order valence-corrected chi connectivity index (χ4v) is 2.40. The number of nitrogens with one attached hydrogen (secondary N) is 2. The second-order valence-electron chi connectivity index (χ2n) is 6.14. The van der Waals surface area contributed by atoms with Crippen molar-refractivity contribution in [3.63, 3.8) is 0 Å². The number of amides is 1. The van der Waals surface area contributed by atoms with Crippen molar-refractivity contribution in [2.75, 3.05) is 17.2 Å². The Kier molecular flexibility index (Phi) is 6.24. The van der Waals surface area contributed by atoms with Crippen LogP contribution in [-0.4, -0.2) is 18.6 Å². The van der Waals surface area contributed by atoms with E-state index in [1.807, 2.05) is 57.2 Å². The van der Waals surface area contributed by atoms with Gasteiger partial charge in [-0.1, -0.05) is 13.0 Å². The molecule has 0 heterocycles. The molecule has 0 aliphatic rings. The third-order valence-corrected chi connectivity index (χ3v) is 3.73. The van der Waals surface area contributed by atoms with Crippen LogP contribution in [0.2, 0.25) is 0 Å². The van der Waals surface area contributed by atoms with E-state index < -0.39 is 0 Å². The first-order chi connectivity index (χ1) is 11.5. The Balaban J connectivity index is 1.85. The minimum atomic E-state index is -0.0695.